The predicted octanol–water partition coefficient (Wildman–Crippen LogP) is 7.43. The molecule has 4 aromatic carbocycles. The van der Waals surface area contributed by atoms with Crippen LogP contribution in [0.15, 0.2) is 95.9 Å². The Balaban J connectivity index is 1.74. The maximum Gasteiger partial charge on any atom is 0.343 e. The molecule has 0 unspecified atom stereocenters. The lowest BCUT2D eigenvalue weighted by Gasteiger charge is -2.18. The molecule has 1 aromatic heterocycles. The van der Waals surface area contributed by atoms with Crippen LogP contribution in [0.5, 0.6) is 11.5 Å². The first-order valence-electron chi connectivity index (χ1n) is 13.8. The van der Waals surface area contributed by atoms with E-state index in [0.29, 0.717) is 28.3 Å². The fourth-order valence-corrected chi connectivity index (χ4v) is 4.76. The second kappa shape index (κ2) is 13.2. The van der Waals surface area contributed by atoms with Crippen LogP contribution < -0.4 is 15.5 Å². The topological polar surface area (TPSA) is 86.6 Å². The standard InChI is InChI=1S/C35H28F2N2O5/c1-3-43-35(42)28-21-39(20-27-29(36)10-7-11-30(27)37)31-18-19-32(44-25-15-13-24(14-16-25)38-22(2)40)26(33(31)34(28)41)17-12-23-8-5-4-6-9-23/h4-19,21H,3,20H2,1-2H3,(H,38,40). The normalized spacial score (nSPS) is 11.1. The highest BCUT2D eigenvalue weighted by Gasteiger charge is 2.22. The number of hydrogen-bond donors (Lipinski definition) is 1. The number of ether oxygens (including phenoxy) is 2. The predicted molar refractivity (Wildman–Crippen MR) is 166 cm³/mol. The third-order valence-corrected chi connectivity index (χ3v) is 6.78. The zero-order chi connectivity index (χ0) is 31.2. The summed E-state index contributed by atoms with van der Waals surface area (Å²) in [6, 6.07) is 22.8. The van der Waals surface area contributed by atoms with Gasteiger partial charge in [-0.3, -0.25) is 9.59 Å². The van der Waals surface area contributed by atoms with E-state index in [-0.39, 0.29) is 35.6 Å². The molecule has 5 aromatic rings. The summed E-state index contributed by atoms with van der Waals surface area (Å²) in [6.07, 6.45) is 4.75. The molecule has 0 spiro atoms. The van der Waals surface area contributed by atoms with Crippen LogP contribution >= 0.6 is 0 Å². The van der Waals surface area contributed by atoms with E-state index in [0.717, 1.165) is 17.7 Å². The van der Waals surface area contributed by atoms with E-state index in [1.807, 2.05) is 30.3 Å². The lowest BCUT2D eigenvalue weighted by Crippen LogP contribution is -2.22. The van der Waals surface area contributed by atoms with Gasteiger partial charge in [0.15, 0.2) is 0 Å². The third-order valence-electron chi connectivity index (χ3n) is 6.78. The number of nitrogens with one attached hydrogen (secondary N) is 1. The smallest absolute Gasteiger partial charge is 0.343 e. The van der Waals surface area contributed by atoms with E-state index in [9.17, 15) is 23.2 Å². The van der Waals surface area contributed by atoms with Crippen molar-refractivity contribution in [3.8, 4) is 11.5 Å². The fourth-order valence-electron chi connectivity index (χ4n) is 4.76. The number of nitrogens with zero attached hydrogens (tertiary/aromatic N) is 1. The summed E-state index contributed by atoms with van der Waals surface area (Å²) < 4.78 is 42.3. The summed E-state index contributed by atoms with van der Waals surface area (Å²) in [4.78, 5) is 38.4. The summed E-state index contributed by atoms with van der Waals surface area (Å²) in [7, 11) is 0. The van der Waals surface area contributed by atoms with Gasteiger partial charge in [0.05, 0.1) is 24.1 Å². The van der Waals surface area contributed by atoms with Gasteiger partial charge in [-0.2, -0.15) is 0 Å². The van der Waals surface area contributed by atoms with Gasteiger partial charge in [-0.15, -0.1) is 0 Å². The van der Waals surface area contributed by atoms with Gasteiger partial charge in [0.25, 0.3) is 0 Å². The summed E-state index contributed by atoms with van der Waals surface area (Å²) in [6.45, 7) is 2.75. The van der Waals surface area contributed by atoms with Gasteiger partial charge in [0.1, 0.15) is 28.7 Å². The summed E-state index contributed by atoms with van der Waals surface area (Å²) in [5.41, 5.74) is 0.946. The number of pyridine rings is 1. The van der Waals surface area contributed by atoms with Crippen molar-refractivity contribution in [2.75, 3.05) is 11.9 Å². The summed E-state index contributed by atoms with van der Waals surface area (Å²) in [5.74, 6) is -1.89. The Morgan fingerprint density at radius 1 is 0.886 bits per heavy atom. The first kappa shape index (κ1) is 29.9. The number of rotatable bonds is 9. The third kappa shape index (κ3) is 6.57. The Kier molecular flexibility index (Phi) is 8.95. The molecule has 0 saturated heterocycles. The Morgan fingerprint density at radius 2 is 1.59 bits per heavy atom. The second-order valence-electron chi connectivity index (χ2n) is 9.84. The molecule has 0 aliphatic rings. The van der Waals surface area contributed by atoms with Gasteiger partial charge in [-0.25, -0.2) is 13.6 Å². The molecule has 1 amide bonds. The van der Waals surface area contributed by atoms with Gasteiger partial charge >= 0.3 is 5.97 Å². The first-order valence-corrected chi connectivity index (χ1v) is 13.8. The zero-order valence-electron chi connectivity index (χ0n) is 24.0. The number of fused-ring (bicyclic) bond motifs is 1. The van der Waals surface area contributed by atoms with Crippen LogP contribution in [-0.4, -0.2) is 23.1 Å². The molecule has 1 heterocycles. The number of hydrogen-bond acceptors (Lipinski definition) is 5. The molecule has 0 radical (unpaired) electrons. The quantitative estimate of drug-likeness (QED) is 0.142. The molecule has 7 nitrogen and oxygen atoms in total. The Labute approximate surface area is 252 Å². The number of carbonyl (C=O) groups excluding carboxylic acids is 2. The molecular formula is C35H28F2N2O5. The fraction of sp³-hybridized carbons (Fsp3) is 0.114. The Hall–Kier alpha value is -5.57. The molecular weight excluding hydrogens is 566 g/mol. The summed E-state index contributed by atoms with van der Waals surface area (Å²) in [5, 5.41) is 2.80. The monoisotopic (exact) mass is 594 g/mol. The van der Waals surface area contributed by atoms with E-state index in [1.165, 1.54) is 23.8 Å². The number of amides is 1. The largest absolute Gasteiger partial charge is 0.462 e. The van der Waals surface area contributed by atoms with Crippen LogP contribution in [-0.2, 0) is 16.1 Å². The van der Waals surface area contributed by atoms with Crippen molar-refractivity contribution in [3.05, 3.63) is 135 Å². The number of halogens is 2. The van der Waals surface area contributed by atoms with Gasteiger partial charge < -0.3 is 19.4 Å². The van der Waals surface area contributed by atoms with Crippen molar-refractivity contribution in [1.82, 2.24) is 4.57 Å². The minimum atomic E-state index is -0.861. The molecule has 1 N–H and O–H groups in total. The van der Waals surface area contributed by atoms with E-state index < -0.39 is 23.0 Å². The van der Waals surface area contributed by atoms with E-state index in [1.54, 1.807) is 55.5 Å². The van der Waals surface area contributed by atoms with Crippen molar-refractivity contribution >= 4 is 40.6 Å². The number of benzene rings is 4. The molecule has 0 aliphatic heterocycles. The molecule has 5 rings (SSSR count). The number of esters is 1. The maximum atomic E-state index is 14.7. The van der Waals surface area contributed by atoms with Crippen molar-refractivity contribution < 1.29 is 27.8 Å². The van der Waals surface area contributed by atoms with Crippen LogP contribution in [0.25, 0.3) is 23.1 Å². The van der Waals surface area contributed by atoms with Gasteiger partial charge in [0, 0.05) is 29.9 Å². The maximum absolute atomic E-state index is 14.7. The molecule has 9 heteroatoms. The summed E-state index contributed by atoms with van der Waals surface area (Å²) >= 11 is 0. The second-order valence-corrected chi connectivity index (χ2v) is 9.84. The van der Waals surface area contributed by atoms with Crippen LogP contribution in [0.1, 0.15) is 40.9 Å². The lowest BCUT2D eigenvalue weighted by atomic mass is 10.0. The first-order chi connectivity index (χ1) is 21.2. The van der Waals surface area contributed by atoms with Crippen LogP contribution in [0.2, 0.25) is 0 Å². The van der Waals surface area contributed by atoms with Crippen molar-refractivity contribution in [1.29, 1.82) is 0 Å². The van der Waals surface area contributed by atoms with Crippen LogP contribution in [0, 0.1) is 11.6 Å². The number of aromatic nitrogens is 1. The average Bonchev–Trinajstić information content (AvgIpc) is 3.00. The highest BCUT2D eigenvalue weighted by molar-refractivity contribution is 5.99. The van der Waals surface area contributed by atoms with Crippen molar-refractivity contribution in [2.45, 2.75) is 20.4 Å². The zero-order valence-corrected chi connectivity index (χ0v) is 24.0. The molecule has 0 saturated carbocycles. The molecule has 0 bridgehead atoms. The van der Waals surface area contributed by atoms with Gasteiger partial charge in [-0.05, 0) is 67.1 Å². The van der Waals surface area contributed by atoms with E-state index in [4.69, 9.17) is 9.47 Å². The lowest BCUT2D eigenvalue weighted by molar-refractivity contribution is -0.114. The van der Waals surface area contributed by atoms with Crippen molar-refractivity contribution in [3.63, 3.8) is 0 Å². The van der Waals surface area contributed by atoms with E-state index in [2.05, 4.69) is 5.32 Å². The molecule has 222 valence electrons. The molecule has 44 heavy (non-hydrogen) atoms. The molecule has 0 fully saturated rings. The molecule has 0 aliphatic carbocycles. The van der Waals surface area contributed by atoms with Crippen LogP contribution in [0.4, 0.5) is 14.5 Å². The highest BCUT2D eigenvalue weighted by Crippen LogP contribution is 2.33. The molecule has 0 atom stereocenters. The number of anilines is 1. The Bertz CT molecular complexity index is 1910. The minimum absolute atomic E-state index is 0.0245. The van der Waals surface area contributed by atoms with Gasteiger partial charge in [-0.1, -0.05) is 42.5 Å². The minimum Gasteiger partial charge on any atom is -0.462 e. The van der Waals surface area contributed by atoms with Crippen LogP contribution in [0.3, 0.4) is 0 Å². The Morgan fingerprint density at radius 3 is 2.25 bits per heavy atom. The average molecular weight is 595 g/mol. The van der Waals surface area contributed by atoms with Crippen molar-refractivity contribution in [2.24, 2.45) is 0 Å². The van der Waals surface area contributed by atoms with E-state index >= 15 is 0 Å². The SMILES string of the molecule is CCOC(=O)c1cn(Cc2c(F)cccc2F)c2ccc(Oc3ccc(NC(C)=O)cc3)c(C=Cc3ccccc3)c2c1=O. The van der Waals surface area contributed by atoms with Gasteiger partial charge in [0.2, 0.25) is 11.3 Å². The number of carbonyl (C=O) groups is 2. The highest BCUT2D eigenvalue weighted by atomic mass is 19.1.